The van der Waals surface area contributed by atoms with Gasteiger partial charge in [0.05, 0.1) is 36.9 Å². The summed E-state index contributed by atoms with van der Waals surface area (Å²) in [5.41, 5.74) is 2.55. The third kappa shape index (κ3) is 8.42. The molecule has 0 radical (unpaired) electrons. The zero-order chi connectivity index (χ0) is 28.3. The maximum absolute atomic E-state index is 13.0. The SMILES string of the molecule is C[C@H](C[C@@H]1CC[C@H]([C@@H](C)C(=O)N(C)Cc2ccccc2)O1)n1cc(C#CCNC(=O)OCc2ccccc2)nn1. The number of nitrogens with one attached hydrogen (secondary N) is 1. The van der Waals surface area contributed by atoms with Crippen LogP contribution in [-0.4, -0.2) is 57.7 Å². The maximum Gasteiger partial charge on any atom is 0.408 e. The van der Waals surface area contributed by atoms with E-state index in [1.54, 1.807) is 15.8 Å². The first-order chi connectivity index (χ1) is 19.4. The zero-order valence-electron chi connectivity index (χ0n) is 23.3. The van der Waals surface area contributed by atoms with Crippen LogP contribution in [-0.2, 0) is 27.4 Å². The molecule has 9 nitrogen and oxygen atoms in total. The molecule has 4 rings (SSSR count). The van der Waals surface area contributed by atoms with Crippen molar-refractivity contribution in [3.63, 3.8) is 0 Å². The quantitative estimate of drug-likeness (QED) is 0.382. The zero-order valence-corrected chi connectivity index (χ0v) is 23.3. The molecule has 2 aromatic carbocycles. The van der Waals surface area contributed by atoms with Crippen LogP contribution in [0.1, 0.15) is 56.0 Å². The average molecular weight is 544 g/mol. The van der Waals surface area contributed by atoms with Crippen LogP contribution in [0.3, 0.4) is 0 Å². The van der Waals surface area contributed by atoms with E-state index >= 15 is 0 Å². The Labute approximate surface area is 235 Å². The van der Waals surface area contributed by atoms with Gasteiger partial charge in [-0.15, -0.1) is 5.10 Å². The smallest absolute Gasteiger partial charge is 0.408 e. The lowest BCUT2D eigenvalue weighted by molar-refractivity contribution is -0.139. The first-order valence-electron chi connectivity index (χ1n) is 13.7. The van der Waals surface area contributed by atoms with Crippen LogP contribution in [0.2, 0.25) is 0 Å². The fourth-order valence-electron chi connectivity index (χ4n) is 4.78. The number of hydrogen-bond acceptors (Lipinski definition) is 6. The van der Waals surface area contributed by atoms with Crippen LogP contribution in [0.4, 0.5) is 4.79 Å². The van der Waals surface area contributed by atoms with Crippen molar-refractivity contribution in [1.29, 1.82) is 0 Å². The van der Waals surface area contributed by atoms with Crippen LogP contribution < -0.4 is 5.32 Å². The lowest BCUT2D eigenvalue weighted by Crippen LogP contribution is -2.37. The van der Waals surface area contributed by atoms with Gasteiger partial charge in [-0.1, -0.05) is 78.7 Å². The lowest BCUT2D eigenvalue weighted by Gasteiger charge is -2.26. The molecule has 1 saturated heterocycles. The van der Waals surface area contributed by atoms with Gasteiger partial charge in [0.1, 0.15) is 6.61 Å². The number of ether oxygens (including phenoxy) is 2. The van der Waals surface area contributed by atoms with Crippen molar-refractivity contribution in [3.05, 3.63) is 83.7 Å². The molecule has 2 heterocycles. The van der Waals surface area contributed by atoms with Gasteiger partial charge in [0, 0.05) is 13.6 Å². The molecule has 4 atom stereocenters. The molecule has 0 saturated carbocycles. The standard InChI is InChI=1S/C31H37N5O4/c1-23(19-28-16-17-29(40-28)24(2)30(37)35(3)20-25-11-6-4-7-12-25)36-21-27(33-34-36)15-10-18-32-31(38)39-22-26-13-8-5-9-14-26/h4-9,11-14,21,23-24,28-29H,16-20,22H2,1-3H3,(H,32,38)/t23-,24-,28+,29-/m1/s1. The van der Waals surface area contributed by atoms with Crippen molar-refractivity contribution >= 4 is 12.0 Å². The van der Waals surface area contributed by atoms with E-state index in [0.29, 0.717) is 12.2 Å². The molecule has 0 unspecified atom stereocenters. The summed E-state index contributed by atoms with van der Waals surface area (Å²) in [5.74, 6) is 5.68. The lowest BCUT2D eigenvalue weighted by atomic mass is 9.99. The van der Waals surface area contributed by atoms with E-state index in [4.69, 9.17) is 9.47 Å². The second-order valence-corrected chi connectivity index (χ2v) is 10.2. The molecule has 9 heteroatoms. The molecule has 1 aliphatic rings. The maximum atomic E-state index is 13.0. The summed E-state index contributed by atoms with van der Waals surface area (Å²) in [6, 6.07) is 19.5. The van der Waals surface area contributed by atoms with Gasteiger partial charge in [0.2, 0.25) is 5.91 Å². The monoisotopic (exact) mass is 543 g/mol. The Kier molecular flexibility index (Phi) is 10.3. The van der Waals surface area contributed by atoms with Gasteiger partial charge in [-0.05, 0) is 43.2 Å². The van der Waals surface area contributed by atoms with Crippen molar-refractivity contribution in [3.8, 4) is 11.8 Å². The van der Waals surface area contributed by atoms with Gasteiger partial charge in [-0.3, -0.25) is 4.79 Å². The Bertz CT molecular complexity index is 1300. The Balaban J connectivity index is 1.18. The van der Waals surface area contributed by atoms with Crippen LogP contribution in [0.5, 0.6) is 0 Å². The number of alkyl carbamates (subject to hydrolysis) is 1. The molecule has 1 aliphatic heterocycles. The van der Waals surface area contributed by atoms with Gasteiger partial charge in [-0.2, -0.15) is 0 Å². The van der Waals surface area contributed by atoms with E-state index in [1.165, 1.54) is 0 Å². The van der Waals surface area contributed by atoms with Crippen molar-refractivity contribution in [2.75, 3.05) is 13.6 Å². The number of hydrogen-bond donors (Lipinski definition) is 1. The molecule has 210 valence electrons. The van der Waals surface area contributed by atoms with Gasteiger partial charge >= 0.3 is 6.09 Å². The molecule has 2 amide bonds. The van der Waals surface area contributed by atoms with Gasteiger partial charge in [0.15, 0.2) is 5.69 Å². The van der Waals surface area contributed by atoms with E-state index in [1.807, 2.05) is 74.6 Å². The Hall–Kier alpha value is -4.16. The van der Waals surface area contributed by atoms with Crippen molar-refractivity contribution in [1.82, 2.24) is 25.2 Å². The molecule has 1 fully saturated rings. The number of benzene rings is 2. The predicted molar refractivity (Wildman–Crippen MR) is 151 cm³/mol. The molecule has 3 aromatic rings. The molecular weight excluding hydrogens is 506 g/mol. The van der Waals surface area contributed by atoms with E-state index in [2.05, 4.69) is 34.4 Å². The number of amides is 2. The topological polar surface area (TPSA) is 98.6 Å². The third-order valence-electron chi connectivity index (χ3n) is 7.04. The third-order valence-corrected chi connectivity index (χ3v) is 7.04. The summed E-state index contributed by atoms with van der Waals surface area (Å²) in [7, 11) is 1.85. The Morgan fingerprint density at radius 2 is 1.80 bits per heavy atom. The second kappa shape index (κ2) is 14.3. The number of nitrogens with zero attached hydrogens (tertiary/aromatic N) is 4. The van der Waals surface area contributed by atoms with Gasteiger partial charge in [-0.25, -0.2) is 9.48 Å². The first kappa shape index (κ1) is 28.8. The number of carbonyl (C=O) groups excluding carboxylic acids is 2. The molecule has 0 bridgehead atoms. The molecule has 0 aliphatic carbocycles. The highest BCUT2D eigenvalue weighted by Gasteiger charge is 2.35. The van der Waals surface area contributed by atoms with Crippen molar-refractivity contribution in [2.24, 2.45) is 5.92 Å². The van der Waals surface area contributed by atoms with E-state index in [9.17, 15) is 9.59 Å². The summed E-state index contributed by atoms with van der Waals surface area (Å²) in [6.45, 7) is 4.96. The van der Waals surface area contributed by atoms with Gasteiger partial charge < -0.3 is 19.7 Å². The van der Waals surface area contributed by atoms with Crippen LogP contribution in [0, 0.1) is 17.8 Å². The first-order valence-corrected chi connectivity index (χ1v) is 13.7. The summed E-state index contributed by atoms with van der Waals surface area (Å²) >= 11 is 0. The summed E-state index contributed by atoms with van der Waals surface area (Å²) in [5, 5.41) is 11.0. The van der Waals surface area contributed by atoms with Crippen LogP contribution in [0.15, 0.2) is 66.9 Å². The summed E-state index contributed by atoms with van der Waals surface area (Å²) in [6.07, 6.45) is 3.77. The molecule has 40 heavy (non-hydrogen) atoms. The largest absolute Gasteiger partial charge is 0.445 e. The Morgan fingerprint density at radius 1 is 1.10 bits per heavy atom. The van der Waals surface area contributed by atoms with E-state index in [0.717, 1.165) is 30.4 Å². The fourth-order valence-corrected chi connectivity index (χ4v) is 4.78. The predicted octanol–water partition coefficient (Wildman–Crippen LogP) is 4.35. The molecule has 1 aromatic heterocycles. The van der Waals surface area contributed by atoms with Crippen LogP contribution >= 0.6 is 0 Å². The molecular formula is C31H37N5O4. The number of rotatable bonds is 10. The Morgan fingerprint density at radius 3 is 2.52 bits per heavy atom. The fraction of sp³-hybridized carbons (Fsp3) is 0.419. The van der Waals surface area contributed by atoms with Crippen molar-refractivity contribution in [2.45, 2.75) is 64.5 Å². The normalized spacial score (nSPS) is 17.8. The highest BCUT2D eigenvalue weighted by Crippen LogP contribution is 2.31. The molecule has 1 N–H and O–H groups in total. The van der Waals surface area contributed by atoms with E-state index < -0.39 is 6.09 Å². The number of aromatic nitrogens is 3. The van der Waals surface area contributed by atoms with Crippen molar-refractivity contribution < 1.29 is 19.1 Å². The van der Waals surface area contributed by atoms with E-state index in [-0.39, 0.29) is 43.2 Å². The van der Waals surface area contributed by atoms with Crippen LogP contribution in [0.25, 0.3) is 0 Å². The highest BCUT2D eigenvalue weighted by atomic mass is 16.5. The summed E-state index contributed by atoms with van der Waals surface area (Å²) < 4.78 is 13.3. The summed E-state index contributed by atoms with van der Waals surface area (Å²) in [4.78, 5) is 26.6. The minimum atomic E-state index is -0.524. The van der Waals surface area contributed by atoms with Gasteiger partial charge in [0.25, 0.3) is 0 Å². The average Bonchev–Trinajstić information content (AvgIpc) is 3.64. The second-order valence-electron chi connectivity index (χ2n) is 10.2. The minimum absolute atomic E-state index is 0.0551. The molecule has 0 spiro atoms. The minimum Gasteiger partial charge on any atom is -0.445 e. The number of carbonyl (C=O) groups is 2. The highest BCUT2D eigenvalue weighted by molar-refractivity contribution is 5.78.